The van der Waals surface area contributed by atoms with Crippen LogP contribution in [0.15, 0.2) is 12.1 Å². The molecule has 0 radical (unpaired) electrons. The average Bonchev–Trinajstić information content (AvgIpc) is 2.26. The van der Waals surface area contributed by atoms with E-state index in [9.17, 15) is 9.59 Å². The normalized spacial score (nSPS) is 9.75. The summed E-state index contributed by atoms with van der Waals surface area (Å²) in [6, 6.07) is 2.98. The molecule has 1 rings (SSSR count). The van der Waals surface area contributed by atoms with Gasteiger partial charge in [0, 0.05) is 0 Å². The summed E-state index contributed by atoms with van der Waals surface area (Å²) in [5.41, 5.74) is 0.273. The third-order valence-corrected chi connectivity index (χ3v) is 2.67. The minimum Gasteiger partial charge on any atom is -0.496 e. The van der Waals surface area contributed by atoms with E-state index in [2.05, 4.69) is 18.5 Å². The standard InChI is InChI=1S/C10H12O4P2/c1-13-7-3-6(10(12)16)8(14-2)4-5(7)9(11)15/h3-4H,15-16H2,1-2H3. The van der Waals surface area contributed by atoms with Crippen LogP contribution in [0.3, 0.4) is 0 Å². The molecule has 2 atom stereocenters. The lowest BCUT2D eigenvalue weighted by atomic mass is 10.1. The molecule has 86 valence electrons. The van der Waals surface area contributed by atoms with Crippen molar-refractivity contribution in [2.24, 2.45) is 0 Å². The molecule has 0 bridgehead atoms. The summed E-state index contributed by atoms with van der Waals surface area (Å²) < 4.78 is 10.1. The van der Waals surface area contributed by atoms with Crippen LogP contribution < -0.4 is 9.47 Å². The first kappa shape index (κ1) is 13.1. The molecule has 6 heteroatoms. The van der Waals surface area contributed by atoms with Crippen molar-refractivity contribution in [1.29, 1.82) is 0 Å². The number of hydrogen-bond donors (Lipinski definition) is 0. The van der Waals surface area contributed by atoms with Crippen molar-refractivity contribution in [1.82, 2.24) is 0 Å². The van der Waals surface area contributed by atoms with Crippen LogP contribution in [0.4, 0.5) is 0 Å². The summed E-state index contributed by atoms with van der Waals surface area (Å²) in [7, 11) is 6.99. The van der Waals surface area contributed by atoms with Crippen LogP contribution in [-0.2, 0) is 0 Å². The first-order valence-corrected chi connectivity index (χ1v) is 5.52. The molecular weight excluding hydrogens is 246 g/mol. The predicted octanol–water partition coefficient (Wildman–Crippen LogP) is 1.73. The Kier molecular flexibility index (Phi) is 4.40. The second-order valence-corrected chi connectivity index (χ2v) is 4.03. The van der Waals surface area contributed by atoms with E-state index in [4.69, 9.17) is 9.47 Å². The summed E-state index contributed by atoms with van der Waals surface area (Å²) in [4.78, 5) is 22.6. The fourth-order valence-electron chi connectivity index (χ4n) is 1.28. The minimum absolute atomic E-state index is 0.224. The lowest BCUT2D eigenvalue weighted by Crippen LogP contribution is -2.01. The van der Waals surface area contributed by atoms with Crippen LogP contribution in [0.25, 0.3) is 0 Å². The van der Waals surface area contributed by atoms with E-state index in [1.54, 1.807) is 0 Å². The molecular formula is C10H12O4P2. The number of carbonyl (C=O) groups excluding carboxylic acids is 2. The second-order valence-electron chi connectivity index (χ2n) is 2.98. The second kappa shape index (κ2) is 5.38. The molecule has 0 aliphatic heterocycles. The van der Waals surface area contributed by atoms with Gasteiger partial charge in [0.1, 0.15) is 11.5 Å². The van der Waals surface area contributed by atoms with Crippen molar-refractivity contribution in [2.75, 3.05) is 14.2 Å². The molecule has 0 spiro atoms. The molecule has 0 heterocycles. The lowest BCUT2D eigenvalue weighted by Gasteiger charge is -2.11. The van der Waals surface area contributed by atoms with E-state index in [1.165, 1.54) is 26.4 Å². The lowest BCUT2D eigenvalue weighted by molar-refractivity contribution is 0.107. The quantitative estimate of drug-likeness (QED) is 0.772. The van der Waals surface area contributed by atoms with Gasteiger partial charge < -0.3 is 9.47 Å². The van der Waals surface area contributed by atoms with Gasteiger partial charge in [-0.05, 0) is 12.1 Å². The fourth-order valence-corrected chi connectivity index (χ4v) is 1.73. The monoisotopic (exact) mass is 258 g/mol. The zero-order chi connectivity index (χ0) is 12.3. The van der Waals surface area contributed by atoms with Crippen LogP contribution in [0.1, 0.15) is 20.7 Å². The predicted molar refractivity (Wildman–Crippen MR) is 67.6 cm³/mol. The van der Waals surface area contributed by atoms with Gasteiger partial charge in [-0.2, -0.15) is 0 Å². The molecule has 0 saturated carbocycles. The summed E-state index contributed by atoms with van der Waals surface area (Å²) >= 11 is 0. The highest BCUT2D eigenvalue weighted by Gasteiger charge is 2.16. The number of methoxy groups -OCH3 is 2. The Morgan fingerprint density at radius 2 is 1.25 bits per heavy atom. The van der Waals surface area contributed by atoms with Crippen molar-refractivity contribution in [3.05, 3.63) is 23.3 Å². The van der Waals surface area contributed by atoms with Crippen molar-refractivity contribution in [2.45, 2.75) is 0 Å². The molecule has 0 fully saturated rings. The molecule has 1 aromatic carbocycles. The highest BCUT2D eigenvalue weighted by Crippen LogP contribution is 2.31. The minimum atomic E-state index is -0.224. The smallest absolute Gasteiger partial charge is 0.181 e. The molecule has 0 aliphatic carbocycles. The van der Waals surface area contributed by atoms with E-state index in [0.717, 1.165) is 0 Å². The first-order chi connectivity index (χ1) is 7.51. The van der Waals surface area contributed by atoms with Gasteiger partial charge >= 0.3 is 0 Å². The molecule has 0 N–H and O–H groups in total. The molecule has 0 amide bonds. The summed E-state index contributed by atoms with van der Waals surface area (Å²) in [6.45, 7) is 0. The number of ether oxygens (including phenoxy) is 2. The van der Waals surface area contributed by atoms with Crippen molar-refractivity contribution in [3.8, 4) is 11.5 Å². The van der Waals surface area contributed by atoms with Crippen molar-refractivity contribution < 1.29 is 19.1 Å². The largest absolute Gasteiger partial charge is 0.496 e. The molecule has 0 aromatic heterocycles. The summed E-state index contributed by atoms with van der Waals surface area (Å²) in [5, 5.41) is 0. The summed E-state index contributed by atoms with van der Waals surface area (Å²) in [5.74, 6) is 0.707. The Morgan fingerprint density at radius 1 is 0.938 bits per heavy atom. The third-order valence-electron chi connectivity index (χ3n) is 2.05. The number of hydrogen-bond acceptors (Lipinski definition) is 4. The topological polar surface area (TPSA) is 52.6 Å². The van der Waals surface area contributed by atoms with Crippen molar-refractivity contribution in [3.63, 3.8) is 0 Å². The van der Waals surface area contributed by atoms with Gasteiger partial charge in [0.05, 0.1) is 25.3 Å². The Labute approximate surface area is 98.1 Å². The zero-order valence-corrected chi connectivity index (χ0v) is 11.3. The third kappa shape index (κ3) is 2.58. The molecule has 2 unspecified atom stereocenters. The SMILES string of the molecule is COc1cc(C(=O)P)c(OC)cc1C(=O)P. The Balaban J connectivity index is 3.46. The molecule has 16 heavy (non-hydrogen) atoms. The highest BCUT2D eigenvalue weighted by molar-refractivity contribution is 7.41. The number of carbonyl (C=O) groups is 2. The fraction of sp³-hybridized carbons (Fsp3) is 0.200. The van der Waals surface area contributed by atoms with Gasteiger partial charge in [-0.3, -0.25) is 9.59 Å². The van der Waals surface area contributed by atoms with E-state index in [0.29, 0.717) is 22.6 Å². The van der Waals surface area contributed by atoms with E-state index < -0.39 is 0 Å². The van der Waals surface area contributed by atoms with Gasteiger partial charge in [-0.25, -0.2) is 0 Å². The van der Waals surface area contributed by atoms with Gasteiger partial charge in [-0.15, -0.1) is 0 Å². The number of benzene rings is 1. The van der Waals surface area contributed by atoms with Gasteiger partial charge in [0.25, 0.3) is 0 Å². The van der Waals surface area contributed by atoms with E-state index in [-0.39, 0.29) is 11.0 Å². The van der Waals surface area contributed by atoms with Crippen LogP contribution in [0, 0.1) is 0 Å². The molecule has 4 nitrogen and oxygen atoms in total. The average molecular weight is 258 g/mol. The van der Waals surface area contributed by atoms with E-state index >= 15 is 0 Å². The molecule has 1 aromatic rings. The van der Waals surface area contributed by atoms with Crippen LogP contribution in [0.2, 0.25) is 0 Å². The Bertz CT molecular complexity index is 401. The Hall–Kier alpha value is -0.980. The molecule has 0 saturated heterocycles. The van der Waals surface area contributed by atoms with Crippen LogP contribution in [-0.4, -0.2) is 25.3 Å². The maximum atomic E-state index is 11.3. The molecule has 0 aliphatic rings. The van der Waals surface area contributed by atoms with Gasteiger partial charge in [0.2, 0.25) is 0 Å². The first-order valence-electron chi connectivity index (χ1n) is 4.37. The highest BCUT2D eigenvalue weighted by atomic mass is 31.0. The van der Waals surface area contributed by atoms with Crippen LogP contribution in [0.5, 0.6) is 11.5 Å². The zero-order valence-electron chi connectivity index (χ0n) is 8.94. The Morgan fingerprint density at radius 3 is 1.44 bits per heavy atom. The van der Waals surface area contributed by atoms with Crippen LogP contribution >= 0.6 is 18.5 Å². The van der Waals surface area contributed by atoms with Gasteiger partial charge in [0.15, 0.2) is 11.0 Å². The number of rotatable bonds is 4. The maximum Gasteiger partial charge on any atom is 0.181 e. The van der Waals surface area contributed by atoms with Gasteiger partial charge in [-0.1, -0.05) is 18.5 Å². The van der Waals surface area contributed by atoms with Crippen molar-refractivity contribution >= 4 is 29.5 Å². The van der Waals surface area contributed by atoms with E-state index in [1.807, 2.05) is 0 Å². The maximum absolute atomic E-state index is 11.3. The summed E-state index contributed by atoms with van der Waals surface area (Å²) in [6.07, 6.45) is 0.